The molecule has 0 aromatic heterocycles. The van der Waals surface area contributed by atoms with Crippen molar-refractivity contribution in [1.29, 1.82) is 0 Å². The average molecular weight is 1470 g/mol. The number of unbranched alkanes of at least 4 members (excludes halogenated alkanes) is 50. The molecule has 0 aromatic carbocycles. The first kappa shape index (κ1) is 98.1. The summed E-state index contributed by atoms with van der Waals surface area (Å²) >= 11 is 0. The first-order chi connectivity index (χ1) is 48.4. The van der Waals surface area contributed by atoms with E-state index in [1.54, 1.807) is 0 Å². The Hall–Kier alpha value is -1.94. The SMILES string of the molecule is CCCCCCCCCCCCCCCCCCCCCCC(=O)O[C@H](COC(=O)CCCCCCCCCCCCCCCC(C)C)COP(=O)(O)OC[C@@H](O)COP(=O)(O)OC[C@@H](COC(=O)CCCCCCCCCC(C)C)OC(=O)CCCCCCCCCCCCCCCC. The van der Waals surface area contributed by atoms with Gasteiger partial charge >= 0.3 is 39.5 Å². The number of phosphoric ester groups is 2. The largest absolute Gasteiger partial charge is 0.472 e. The predicted molar refractivity (Wildman–Crippen MR) is 409 cm³/mol. The van der Waals surface area contributed by atoms with Crippen LogP contribution in [0.2, 0.25) is 0 Å². The highest BCUT2D eigenvalue weighted by Crippen LogP contribution is 2.45. The Kier molecular flexibility index (Phi) is 71.2. The number of ether oxygens (including phenoxy) is 4. The van der Waals surface area contributed by atoms with E-state index in [0.29, 0.717) is 31.6 Å². The molecule has 0 amide bonds. The zero-order chi connectivity index (χ0) is 73.5. The average Bonchev–Trinajstić information content (AvgIpc) is 0.915. The van der Waals surface area contributed by atoms with E-state index < -0.39 is 97.5 Å². The van der Waals surface area contributed by atoms with E-state index in [1.807, 2.05) is 0 Å². The molecule has 0 saturated carbocycles. The molecule has 3 N–H and O–H groups in total. The summed E-state index contributed by atoms with van der Waals surface area (Å²) in [4.78, 5) is 73.0. The van der Waals surface area contributed by atoms with E-state index in [0.717, 1.165) is 102 Å². The molecule has 0 heterocycles. The van der Waals surface area contributed by atoms with Crippen molar-refractivity contribution in [1.82, 2.24) is 0 Å². The quantitative estimate of drug-likeness (QED) is 0.0222. The molecule has 0 bridgehead atoms. The topological polar surface area (TPSA) is 237 Å². The summed E-state index contributed by atoms with van der Waals surface area (Å²) < 4.78 is 68.7. The van der Waals surface area contributed by atoms with E-state index in [4.69, 9.17) is 37.0 Å². The monoisotopic (exact) mass is 1470 g/mol. The van der Waals surface area contributed by atoms with Gasteiger partial charge in [-0.1, -0.05) is 375 Å². The van der Waals surface area contributed by atoms with Gasteiger partial charge in [-0.3, -0.25) is 37.3 Å². The standard InChI is InChI=1S/C81H158O17P2/c1-7-9-11-13-15-17-19-21-23-24-25-26-27-28-32-37-41-47-54-60-66-80(85)97-76(69-91-78(83)63-57-51-45-39-35-33-29-30-34-38-43-49-55-61-73(3)4)71-95-99(87,88)93-67-75(82)68-94-100(89,90)96-72-77(70-92-79(84)64-58-52-48-42-44-50-56-62-74(5)6)98-81(86)65-59-53-46-40-36-31-22-20-18-16-14-12-10-8-2/h73-77,82H,7-72H2,1-6H3,(H,87,88)(H,89,90)/t75-,76-,77-/m1/s1. The summed E-state index contributed by atoms with van der Waals surface area (Å²) in [6, 6.07) is 0. The fraction of sp³-hybridized carbons (Fsp3) is 0.951. The lowest BCUT2D eigenvalue weighted by atomic mass is 10.0. The van der Waals surface area contributed by atoms with E-state index in [1.165, 1.54) is 238 Å². The summed E-state index contributed by atoms with van der Waals surface area (Å²) in [6.45, 7) is 9.60. The third kappa shape index (κ3) is 74.3. The van der Waals surface area contributed by atoms with E-state index in [9.17, 15) is 43.2 Å². The molecule has 0 aliphatic heterocycles. The Morgan fingerprint density at radius 3 is 0.680 bits per heavy atom. The number of hydrogen-bond donors (Lipinski definition) is 3. The molecule has 5 atom stereocenters. The number of carbonyl (C=O) groups is 4. The van der Waals surface area contributed by atoms with Crippen LogP contribution in [0.15, 0.2) is 0 Å². The molecule has 594 valence electrons. The maximum atomic E-state index is 13.1. The van der Waals surface area contributed by atoms with Crippen LogP contribution < -0.4 is 0 Å². The molecular weight excluding hydrogens is 1310 g/mol. The minimum Gasteiger partial charge on any atom is -0.462 e. The van der Waals surface area contributed by atoms with Gasteiger partial charge in [0, 0.05) is 25.7 Å². The highest BCUT2D eigenvalue weighted by atomic mass is 31.2. The Morgan fingerprint density at radius 2 is 0.460 bits per heavy atom. The molecule has 0 spiro atoms. The maximum absolute atomic E-state index is 13.1. The van der Waals surface area contributed by atoms with Gasteiger partial charge in [0.1, 0.15) is 19.3 Å². The number of hydrogen-bond acceptors (Lipinski definition) is 15. The van der Waals surface area contributed by atoms with Gasteiger partial charge in [-0.15, -0.1) is 0 Å². The van der Waals surface area contributed by atoms with Crippen molar-refractivity contribution in [3.8, 4) is 0 Å². The van der Waals surface area contributed by atoms with Gasteiger partial charge in [-0.2, -0.15) is 0 Å². The van der Waals surface area contributed by atoms with Crippen LogP contribution in [0.5, 0.6) is 0 Å². The van der Waals surface area contributed by atoms with Crippen LogP contribution in [0.1, 0.15) is 427 Å². The zero-order valence-electron chi connectivity index (χ0n) is 65.5. The van der Waals surface area contributed by atoms with Gasteiger partial charge < -0.3 is 33.8 Å². The molecule has 0 radical (unpaired) electrons. The molecule has 17 nitrogen and oxygen atoms in total. The first-order valence-corrected chi connectivity index (χ1v) is 45.0. The molecule has 0 saturated heterocycles. The number of aliphatic hydroxyl groups excluding tert-OH is 1. The second-order valence-electron chi connectivity index (χ2n) is 30.1. The number of phosphoric acid groups is 2. The van der Waals surface area contributed by atoms with Crippen molar-refractivity contribution < 1.29 is 80.2 Å². The molecule has 0 fully saturated rings. The highest BCUT2D eigenvalue weighted by Gasteiger charge is 2.30. The molecular formula is C81H158O17P2. The summed E-state index contributed by atoms with van der Waals surface area (Å²) in [5, 5.41) is 10.6. The van der Waals surface area contributed by atoms with Crippen LogP contribution in [0.25, 0.3) is 0 Å². The van der Waals surface area contributed by atoms with Crippen molar-refractivity contribution in [3.63, 3.8) is 0 Å². The summed E-state index contributed by atoms with van der Waals surface area (Å²) in [5.74, 6) is -0.613. The number of aliphatic hydroxyl groups is 1. The minimum atomic E-state index is -4.96. The summed E-state index contributed by atoms with van der Waals surface area (Å²) in [6.07, 6.45) is 62.5. The fourth-order valence-corrected chi connectivity index (χ4v) is 14.1. The van der Waals surface area contributed by atoms with Crippen molar-refractivity contribution in [2.75, 3.05) is 39.6 Å². The molecule has 0 aliphatic rings. The number of rotatable bonds is 80. The number of esters is 4. The van der Waals surface area contributed by atoms with Crippen LogP contribution in [-0.2, 0) is 65.4 Å². The van der Waals surface area contributed by atoms with Gasteiger partial charge in [0.2, 0.25) is 0 Å². The minimum absolute atomic E-state index is 0.107. The molecule has 0 rings (SSSR count). The van der Waals surface area contributed by atoms with Crippen molar-refractivity contribution in [3.05, 3.63) is 0 Å². The summed E-state index contributed by atoms with van der Waals surface area (Å²) in [5.41, 5.74) is 0. The van der Waals surface area contributed by atoms with E-state index in [2.05, 4.69) is 41.5 Å². The van der Waals surface area contributed by atoms with Crippen molar-refractivity contribution in [2.45, 2.75) is 445 Å². The molecule has 100 heavy (non-hydrogen) atoms. The highest BCUT2D eigenvalue weighted by molar-refractivity contribution is 7.47. The second-order valence-corrected chi connectivity index (χ2v) is 33.0. The Bertz CT molecular complexity index is 1920. The van der Waals surface area contributed by atoms with Crippen LogP contribution in [-0.4, -0.2) is 96.7 Å². The van der Waals surface area contributed by atoms with Crippen LogP contribution in [0.4, 0.5) is 0 Å². The Morgan fingerprint density at radius 1 is 0.270 bits per heavy atom. The third-order valence-electron chi connectivity index (χ3n) is 19.0. The predicted octanol–water partition coefficient (Wildman–Crippen LogP) is 24.3. The van der Waals surface area contributed by atoms with Crippen LogP contribution in [0, 0.1) is 11.8 Å². The Balaban J connectivity index is 5.23. The smallest absolute Gasteiger partial charge is 0.462 e. The zero-order valence-corrected chi connectivity index (χ0v) is 67.3. The van der Waals surface area contributed by atoms with Crippen molar-refractivity contribution in [2.24, 2.45) is 11.8 Å². The normalized spacial score (nSPS) is 13.9. The van der Waals surface area contributed by atoms with Gasteiger partial charge in [0.05, 0.1) is 26.4 Å². The summed E-state index contributed by atoms with van der Waals surface area (Å²) in [7, 11) is -9.92. The van der Waals surface area contributed by atoms with Gasteiger partial charge in [-0.05, 0) is 37.5 Å². The van der Waals surface area contributed by atoms with Crippen LogP contribution in [0.3, 0.4) is 0 Å². The molecule has 19 heteroatoms. The molecule has 0 aromatic rings. The Labute approximate surface area is 613 Å². The second kappa shape index (κ2) is 72.6. The molecule has 0 aliphatic carbocycles. The van der Waals surface area contributed by atoms with Gasteiger partial charge in [0.15, 0.2) is 12.2 Å². The lowest BCUT2D eigenvalue weighted by Crippen LogP contribution is -2.30. The van der Waals surface area contributed by atoms with Crippen molar-refractivity contribution >= 4 is 39.5 Å². The molecule has 2 unspecified atom stereocenters. The van der Waals surface area contributed by atoms with Gasteiger partial charge in [0.25, 0.3) is 0 Å². The lowest BCUT2D eigenvalue weighted by Gasteiger charge is -2.21. The third-order valence-corrected chi connectivity index (χ3v) is 20.9. The fourth-order valence-electron chi connectivity index (χ4n) is 12.5. The van der Waals surface area contributed by atoms with Gasteiger partial charge in [-0.25, -0.2) is 9.13 Å². The van der Waals surface area contributed by atoms with E-state index in [-0.39, 0.29) is 25.7 Å². The maximum Gasteiger partial charge on any atom is 0.472 e. The van der Waals surface area contributed by atoms with Crippen LogP contribution >= 0.6 is 15.6 Å². The lowest BCUT2D eigenvalue weighted by molar-refractivity contribution is -0.161. The first-order valence-electron chi connectivity index (χ1n) is 42.0. The number of carbonyl (C=O) groups excluding carboxylic acids is 4. The van der Waals surface area contributed by atoms with E-state index >= 15 is 0 Å².